The van der Waals surface area contributed by atoms with E-state index < -0.39 is 35.6 Å². The van der Waals surface area contributed by atoms with Crippen molar-refractivity contribution in [3.05, 3.63) is 53.8 Å². The van der Waals surface area contributed by atoms with Crippen molar-refractivity contribution >= 4 is 23.2 Å². The van der Waals surface area contributed by atoms with Crippen LogP contribution in [0.4, 0.5) is 24.5 Å². The number of carbonyl (C=O) groups excluding carboxylic acids is 2. The van der Waals surface area contributed by atoms with E-state index in [1.807, 2.05) is 29.2 Å². The largest absolute Gasteiger partial charge is 0.497 e. The van der Waals surface area contributed by atoms with Crippen molar-refractivity contribution in [2.24, 2.45) is 0 Å². The van der Waals surface area contributed by atoms with Gasteiger partial charge in [-0.25, -0.2) is 13.2 Å². The van der Waals surface area contributed by atoms with Crippen molar-refractivity contribution < 1.29 is 27.5 Å². The molecule has 7 nitrogen and oxygen atoms in total. The Morgan fingerprint density at radius 2 is 1.74 bits per heavy atom. The van der Waals surface area contributed by atoms with E-state index in [1.165, 1.54) is 0 Å². The fourth-order valence-corrected chi connectivity index (χ4v) is 3.23. The summed E-state index contributed by atoms with van der Waals surface area (Å²) < 4.78 is 45.0. The molecule has 1 aliphatic heterocycles. The Hall–Kier alpha value is -3.27. The van der Waals surface area contributed by atoms with Crippen LogP contribution in [0, 0.1) is 17.5 Å². The molecule has 1 heterocycles. The molecule has 10 heteroatoms. The maximum Gasteiger partial charge on any atom is 0.243 e. The first-order valence-corrected chi connectivity index (χ1v) is 9.69. The summed E-state index contributed by atoms with van der Waals surface area (Å²) in [6, 6.07) is 9.37. The average Bonchev–Trinajstić information content (AvgIpc) is 2.78. The first kappa shape index (κ1) is 22.4. The van der Waals surface area contributed by atoms with Crippen LogP contribution < -0.4 is 20.3 Å². The molecular formula is C21H23F3N4O3. The van der Waals surface area contributed by atoms with Crippen molar-refractivity contribution in [2.75, 3.05) is 56.6 Å². The fraction of sp³-hybridized carbons (Fsp3) is 0.333. The van der Waals surface area contributed by atoms with Gasteiger partial charge in [0.2, 0.25) is 11.8 Å². The number of nitrogens with one attached hydrogen (secondary N) is 2. The third-order valence-corrected chi connectivity index (χ3v) is 4.91. The summed E-state index contributed by atoms with van der Waals surface area (Å²) in [7, 11) is 1.62. The number of rotatable bonds is 7. The standard InChI is InChI=1S/C21H23F3N4O3/c1-31-15-4-2-3-14(11-15)28-9-7-27(8-10-28)13-19(30)25-12-18(29)26-17-6-5-16(22)20(23)21(17)24/h2-6,11H,7-10,12-13H2,1H3,(H,25,30)(H,26,29). The quantitative estimate of drug-likeness (QED) is 0.650. The van der Waals surface area contributed by atoms with Crippen molar-refractivity contribution in [3.8, 4) is 5.75 Å². The lowest BCUT2D eigenvalue weighted by molar-refractivity contribution is -0.125. The third-order valence-electron chi connectivity index (χ3n) is 4.91. The number of ether oxygens (including phenoxy) is 1. The lowest BCUT2D eigenvalue weighted by Gasteiger charge is -2.35. The number of nitrogens with zero attached hydrogens (tertiary/aromatic N) is 2. The number of anilines is 2. The van der Waals surface area contributed by atoms with Gasteiger partial charge < -0.3 is 20.3 Å². The van der Waals surface area contributed by atoms with Crippen LogP contribution in [-0.4, -0.2) is 63.1 Å². The molecule has 1 saturated heterocycles. The van der Waals surface area contributed by atoms with E-state index in [4.69, 9.17) is 4.74 Å². The zero-order chi connectivity index (χ0) is 22.4. The van der Waals surface area contributed by atoms with E-state index in [0.717, 1.165) is 30.6 Å². The Morgan fingerprint density at radius 1 is 1.00 bits per heavy atom. The molecule has 0 atom stereocenters. The fourth-order valence-electron chi connectivity index (χ4n) is 3.23. The molecule has 1 aliphatic rings. The van der Waals surface area contributed by atoms with Crippen molar-refractivity contribution in [1.82, 2.24) is 10.2 Å². The Labute approximate surface area is 177 Å². The van der Waals surface area contributed by atoms with E-state index >= 15 is 0 Å². The molecule has 2 aromatic carbocycles. The first-order valence-electron chi connectivity index (χ1n) is 9.69. The molecule has 0 radical (unpaired) electrons. The molecule has 0 bridgehead atoms. The van der Waals surface area contributed by atoms with Crippen LogP contribution in [0.2, 0.25) is 0 Å². The lowest BCUT2D eigenvalue weighted by atomic mass is 10.2. The molecular weight excluding hydrogens is 413 g/mol. The minimum absolute atomic E-state index is 0.110. The minimum atomic E-state index is -1.67. The van der Waals surface area contributed by atoms with Gasteiger partial charge in [0, 0.05) is 37.9 Å². The SMILES string of the molecule is COc1cccc(N2CCN(CC(=O)NCC(=O)Nc3ccc(F)c(F)c3F)CC2)c1. The average molecular weight is 436 g/mol. The Kier molecular flexibility index (Phi) is 7.35. The van der Waals surface area contributed by atoms with Gasteiger partial charge in [-0.15, -0.1) is 0 Å². The number of amides is 2. The minimum Gasteiger partial charge on any atom is -0.497 e. The molecule has 2 N–H and O–H groups in total. The molecule has 31 heavy (non-hydrogen) atoms. The predicted molar refractivity (Wildman–Crippen MR) is 110 cm³/mol. The van der Waals surface area contributed by atoms with Crippen LogP contribution >= 0.6 is 0 Å². The van der Waals surface area contributed by atoms with E-state index in [0.29, 0.717) is 19.2 Å². The maximum absolute atomic E-state index is 13.6. The number of benzene rings is 2. The Balaban J connectivity index is 1.41. The summed E-state index contributed by atoms with van der Waals surface area (Å²) in [4.78, 5) is 28.1. The van der Waals surface area contributed by atoms with Crippen molar-refractivity contribution in [3.63, 3.8) is 0 Å². The van der Waals surface area contributed by atoms with Gasteiger partial charge in [-0.05, 0) is 24.3 Å². The molecule has 0 saturated carbocycles. The van der Waals surface area contributed by atoms with Gasteiger partial charge in [-0.1, -0.05) is 6.07 Å². The summed E-state index contributed by atoms with van der Waals surface area (Å²) in [5.41, 5.74) is 0.552. The number of hydrogen-bond donors (Lipinski definition) is 2. The second-order valence-electron chi connectivity index (χ2n) is 7.01. The molecule has 166 valence electrons. The monoisotopic (exact) mass is 436 g/mol. The van der Waals surface area contributed by atoms with Gasteiger partial charge in [0.15, 0.2) is 17.5 Å². The molecule has 2 aromatic rings. The summed E-state index contributed by atoms with van der Waals surface area (Å²) >= 11 is 0. The van der Waals surface area contributed by atoms with Crippen LogP contribution in [0.1, 0.15) is 0 Å². The lowest BCUT2D eigenvalue weighted by Crippen LogP contribution is -2.50. The second-order valence-corrected chi connectivity index (χ2v) is 7.01. The van der Waals surface area contributed by atoms with E-state index in [2.05, 4.69) is 15.5 Å². The van der Waals surface area contributed by atoms with Gasteiger partial charge >= 0.3 is 0 Å². The van der Waals surface area contributed by atoms with Gasteiger partial charge in [-0.2, -0.15) is 0 Å². The predicted octanol–water partition coefficient (Wildman–Crippen LogP) is 1.99. The zero-order valence-corrected chi connectivity index (χ0v) is 17.0. The van der Waals surface area contributed by atoms with Gasteiger partial charge in [0.1, 0.15) is 5.75 Å². The number of carbonyl (C=O) groups is 2. The summed E-state index contributed by atoms with van der Waals surface area (Å²) in [6.45, 7) is 2.49. The highest BCUT2D eigenvalue weighted by Crippen LogP contribution is 2.22. The van der Waals surface area contributed by atoms with Gasteiger partial charge in [-0.3, -0.25) is 14.5 Å². The van der Waals surface area contributed by atoms with Crippen LogP contribution in [0.25, 0.3) is 0 Å². The molecule has 3 rings (SSSR count). The van der Waals surface area contributed by atoms with Crippen molar-refractivity contribution in [2.45, 2.75) is 0 Å². The highest BCUT2D eigenvalue weighted by Gasteiger charge is 2.20. The highest BCUT2D eigenvalue weighted by atomic mass is 19.2. The molecule has 2 amide bonds. The van der Waals surface area contributed by atoms with Crippen molar-refractivity contribution in [1.29, 1.82) is 0 Å². The summed E-state index contributed by atoms with van der Waals surface area (Å²) in [5.74, 6) is -4.85. The molecule has 0 aliphatic carbocycles. The zero-order valence-electron chi connectivity index (χ0n) is 17.0. The second kappa shape index (κ2) is 10.2. The molecule has 0 aromatic heterocycles. The number of methoxy groups -OCH3 is 1. The van der Waals surface area contributed by atoms with E-state index in [9.17, 15) is 22.8 Å². The first-order chi connectivity index (χ1) is 14.9. The summed E-state index contributed by atoms with van der Waals surface area (Å²) in [6.07, 6.45) is 0. The third kappa shape index (κ3) is 5.88. The molecule has 1 fully saturated rings. The van der Waals surface area contributed by atoms with E-state index in [-0.39, 0.29) is 12.5 Å². The smallest absolute Gasteiger partial charge is 0.243 e. The van der Waals surface area contributed by atoms with Gasteiger partial charge in [0.05, 0.1) is 25.9 Å². The Bertz CT molecular complexity index is 949. The van der Waals surface area contributed by atoms with E-state index in [1.54, 1.807) is 7.11 Å². The van der Waals surface area contributed by atoms with Crippen LogP contribution in [0.5, 0.6) is 5.75 Å². The Morgan fingerprint density at radius 3 is 2.45 bits per heavy atom. The molecule has 0 unspecified atom stereocenters. The molecule has 0 spiro atoms. The van der Waals surface area contributed by atoms with Crippen LogP contribution in [-0.2, 0) is 9.59 Å². The van der Waals surface area contributed by atoms with Crippen LogP contribution in [0.3, 0.4) is 0 Å². The van der Waals surface area contributed by atoms with Crippen LogP contribution in [0.15, 0.2) is 36.4 Å². The number of halogens is 3. The number of piperazine rings is 1. The van der Waals surface area contributed by atoms with Gasteiger partial charge in [0.25, 0.3) is 0 Å². The normalized spacial score (nSPS) is 14.3. The number of hydrogen-bond acceptors (Lipinski definition) is 5. The highest BCUT2D eigenvalue weighted by molar-refractivity contribution is 5.94. The topological polar surface area (TPSA) is 73.9 Å². The summed E-state index contributed by atoms with van der Waals surface area (Å²) in [5, 5.41) is 4.55. The maximum atomic E-state index is 13.6.